The van der Waals surface area contributed by atoms with Crippen LogP contribution in [0.5, 0.6) is 0 Å². The van der Waals surface area contributed by atoms with Crippen LogP contribution in [0.15, 0.2) is 84.9 Å². The van der Waals surface area contributed by atoms with E-state index in [-0.39, 0.29) is 5.56 Å². The second-order valence-corrected chi connectivity index (χ2v) is 5.68. The van der Waals surface area contributed by atoms with Gasteiger partial charge in [0.25, 0.3) is 5.91 Å². The number of carbonyl (C=O) groups excluding carboxylic acids is 2. The molecule has 3 aromatic carbocycles. The van der Waals surface area contributed by atoms with Crippen molar-refractivity contribution in [2.24, 2.45) is 0 Å². The molecule has 4 nitrogen and oxygen atoms in total. The Kier molecular flexibility index (Phi) is 5.39. The van der Waals surface area contributed by atoms with E-state index in [9.17, 15) is 14.0 Å². The predicted octanol–water partition coefficient (Wildman–Crippen LogP) is 3.42. The Morgan fingerprint density at radius 1 is 0.692 bits per heavy atom. The number of nitrogens with one attached hydrogen (secondary N) is 2. The first-order valence-corrected chi connectivity index (χ1v) is 8.11. The standard InChI is InChI=1S/C21H17FN2O2/c22-18-14-8-7-13-17(18)20(25)23-24-21(26)19(15-9-3-1-4-10-15)16-11-5-2-6-12-16/h1-14,19H,(H,23,25)(H,24,26). The quantitative estimate of drug-likeness (QED) is 0.710. The van der Waals surface area contributed by atoms with Gasteiger partial charge in [-0.2, -0.15) is 0 Å². The van der Waals surface area contributed by atoms with Gasteiger partial charge in [0.2, 0.25) is 5.91 Å². The fraction of sp³-hybridized carbons (Fsp3) is 0.0476. The van der Waals surface area contributed by atoms with Crippen LogP contribution in [0.2, 0.25) is 0 Å². The van der Waals surface area contributed by atoms with Crippen LogP contribution in [0.3, 0.4) is 0 Å². The highest BCUT2D eigenvalue weighted by Crippen LogP contribution is 2.24. The van der Waals surface area contributed by atoms with E-state index in [1.54, 1.807) is 6.07 Å². The van der Waals surface area contributed by atoms with E-state index in [4.69, 9.17) is 0 Å². The van der Waals surface area contributed by atoms with Crippen LogP contribution in [0.4, 0.5) is 4.39 Å². The van der Waals surface area contributed by atoms with Gasteiger partial charge in [-0.15, -0.1) is 0 Å². The minimum atomic E-state index is -0.712. The summed E-state index contributed by atoms with van der Waals surface area (Å²) in [5.41, 5.74) is 6.12. The predicted molar refractivity (Wildman–Crippen MR) is 96.7 cm³/mol. The molecule has 0 spiro atoms. The van der Waals surface area contributed by atoms with Crippen molar-refractivity contribution in [1.29, 1.82) is 0 Å². The Morgan fingerprint density at radius 2 is 1.19 bits per heavy atom. The van der Waals surface area contributed by atoms with Gasteiger partial charge in [0.05, 0.1) is 11.5 Å². The summed E-state index contributed by atoms with van der Waals surface area (Å²) in [7, 11) is 0. The summed E-state index contributed by atoms with van der Waals surface area (Å²) in [5, 5.41) is 0. The zero-order valence-corrected chi connectivity index (χ0v) is 13.9. The highest BCUT2D eigenvalue weighted by Gasteiger charge is 2.23. The number of hydrogen-bond acceptors (Lipinski definition) is 2. The monoisotopic (exact) mass is 348 g/mol. The van der Waals surface area contributed by atoms with E-state index >= 15 is 0 Å². The fourth-order valence-corrected chi connectivity index (χ4v) is 2.69. The van der Waals surface area contributed by atoms with Gasteiger partial charge in [-0.3, -0.25) is 20.4 Å². The van der Waals surface area contributed by atoms with Gasteiger partial charge in [-0.05, 0) is 23.3 Å². The molecular weight excluding hydrogens is 331 g/mol. The van der Waals surface area contributed by atoms with E-state index in [0.29, 0.717) is 0 Å². The number of benzene rings is 3. The summed E-state index contributed by atoms with van der Waals surface area (Å²) in [6.07, 6.45) is 0. The van der Waals surface area contributed by atoms with Gasteiger partial charge < -0.3 is 0 Å². The van der Waals surface area contributed by atoms with Crippen molar-refractivity contribution < 1.29 is 14.0 Å². The molecule has 5 heteroatoms. The van der Waals surface area contributed by atoms with Crippen LogP contribution in [0.25, 0.3) is 0 Å². The van der Waals surface area contributed by atoms with Crippen molar-refractivity contribution in [3.05, 3.63) is 107 Å². The topological polar surface area (TPSA) is 58.2 Å². The maximum absolute atomic E-state index is 13.7. The summed E-state index contributed by atoms with van der Waals surface area (Å²) in [6, 6.07) is 24.1. The molecule has 26 heavy (non-hydrogen) atoms. The maximum atomic E-state index is 13.7. The molecule has 0 saturated heterocycles. The summed E-state index contributed by atoms with van der Waals surface area (Å²) in [6.45, 7) is 0. The fourth-order valence-electron chi connectivity index (χ4n) is 2.69. The minimum absolute atomic E-state index is 0.135. The molecular formula is C21H17FN2O2. The molecule has 0 aromatic heterocycles. The van der Waals surface area contributed by atoms with Crippen molar-refractivity contribution in [2.75, 3.05) is 0 Å². The number of halogens is 1. The summed E-state index contributed by atoms with van der Waals surface area (Å²) in [4.78, 5) is 24.8. The van der Waals surface area contributed by atoms with E-state index in [0.717, 1.165) is 11.1 Å². The van der Waals surface area contributed by atoms with Crippen LogP contribution < -0.4 is 10.9 Å². The zero-order chi connectivity index (χ0) is 18.4. The molecule has 3 rings (SSSR count). The number of hydrogen-bond donors (Lipinski definition) is 2. The van der Waals surface area contributed by atoms with Crippen molar-refractivity contribution in [3.8, 4) is 0 Å². The molecule has 0 saturated carbocycles. The van der Waals surface area contributed by atoms with E-state index < -0.39 is 23.5 Å². The zero-order valence-electron chi connectivity index (χ0n) is 13.9. The lowest BCUT2D eigenvalue weighted by molar-refractivity contribution is -0.122. The van der Waals surface area contributed by atoms with Crippen LogP contribution in [0.1, 0.15) is 27.4 Å². The first-order valence-electron chi connectivity index (χ1n) is 8.11. The molecule has 0 atom stereocenters. The second-order valence-electron chi connectivity index (χ2n) is 5.68. The lowest BCUT2D eigenvalue weighted by Crippen LogP contribution is -2.44. The smallest absolute Gasteiger partial charge is 0.272 e. The largest absolute Gasteiger partial charge is 0.272 e. The number of amides is 2. The summed E-state index contributed by atoms with van der Waals surface area (Å²) in [5.74, 6) is -2.37. The van der Waals surface area contributed by atoms with Crippen LogP contribution in [0, 0.1) is 5.82 Å². The Hall–Kier alpha value is -3.47. The van der Waals surface area contributed by atoms with Crippen molar-refractivity contribution >= 4 is 11.8 Å². The highest BCUT2D eigenvalue weighted by atomic mass is 19.1. The molecule has 130 valence electrons. The summed E-state index contributed by atoms with van der Waals surface area (Å²) < 4.78 is 13.7. The highest BCUT2D eigenvalue weighted by molar-refractivity contribution is 5.96. The molecule has 0 fully saturated rings. The third-order valence-corrected chi connectivity index (χ3v) is 3.95. The average molecular weight is 348 g/mol. The van der Waals surface area contributed by atoms with E-state index in [1.807, 2.05) is 60.7 Å². The Balaban J connectivity index is 1.78. The second kappa shape index (κ2) is 8.07. The molecule has 2 amide bonds. The van der Waals surface area contributed by atoms with E-state index in [1.165, 1.54) is 18.2 Å². The van der Waals surface area contributed by atoms with Crippen molar-refractivity contribution in [1.82, 2.24) is 10.9 Å². The first kappa shape index (κ1) is 17.4. The molecule has 0 unspecified atom stereocenters. The minimum Gasteiger partial charge on any atom is -0.272 e. The van der Waals surface area contributed by atoms with Crippen molar-refractivity contribution in [3.63, 3.8) is 0 Å². The van der Waals surface area contributed by atoms with Gasteiger partial charge >= 0.3 is 0 Å². The van der Waals surface area contributed by atoms with Gasteiger partial charge in [0.1, 0.15) is 5.82 Å². The van der Waals surface area contributed by atoms with Crippen LogP contribution in [-0.4, -0.2) is 11.8 Å². The Labute approximate surface area is 150 Å². The van der Waals surface area contributed by atoms with Gasteiger partial charge in [-0.1, -0.05) is 72.8 Å². The molecule has 3 aromatic rings. The van der Waals surface area contributed by atoms with Crippen LogP contribution in [-0.2, 0) is 4.79 Å². The Morgan fingerprint density at radius 3 is 1.73 bits per heavy atom. The molecule has 0 bridgehead atoms. The van der Waals surface area contributed by atoms with Crippen molar-refractivity contribution in [2.45, 2.75) is 5.92 Å². The number of rotatable bonds is 4. The molecule has 0 aliphatic carbocycles. The number of carbonyl (C=O) groups is 2. The van der Waals surface area contributed by atoms with Gasteiger partial charge in [0.15, 0.2) is 0 Å². The maximum Gasteiger partial charge on any atom is 0.272 e. The third kappa shape index (κ3) is 3.95. The van der Waals surface area contributed by atoms with Crippen LogP contribution >= 0.6 is 0 Å². The molecule has 2 N–H and O–H groups in total. The lowest BCUT2D eigenvalue weighted by Gasteiger charge is -2.18. The summed E-state index contributed by atoms with van der Waals surface area (Å²) >= 11 is 0. The van der Waals surface area contributed by atoms with Gasteiger partial charge in [0, 0.05) is 0 Å². The molecule has 0 heterocycles. The molecule has 0 aliphatic heterocycles. The number of hydrazine groups is 1. The Bertz CT molecular complexity index is 859. The molecule has 0 radical (unpaired) electrons. The lowest BCUT2D eigenvalue weighted by atomic mass is 9.91. The van der Waals surface area contributed by atoms with E-state index in [2.05, 4.69) is 10.9 Å². The first-order chi connectivity index (χ1) is 12.7. The molecule has 0 aliphatic rings. The average Bonchev–Trinajstić information content (AvgIpc) is 2.68. The van der Waals surface area contributed by atoms with Gasteiger partial charge in [-0.25, -0.2) is 4.39 Å². The normalized spacial score (nSPS) is 10.4. The SMILES string of the molecule is O=C(NNC(=O)C(c1ccccc1)c1ccccc1)c1ccccc1F. The third-order valence-electron chi connectivity index (χ3n) is 3.95.